The zero-order valence-electron chi connectivity index (χ0n) is 52.2. The van der Waals surface area contributed by atoms with Crippen molar-refractivity contribution in [2.24, 2.45) is 35.1 Å². The average molecular weight is 1240 g/mol. The van der Waals surface area contributed by atoms with Gasteiger partial charge in [0, 0.05) is 88.5 Å². The number of nitrogens with two attached hydrogens (primary N) is 3. The fourth-order valence-corrected chi connectivity index (χ4v) is 10.2. The summed E-state index contributed by atoms with van der Waals surface area (Å²) < 4.78 is 33.2. The zero-order valence-corrected chi connectivity index (χ0v) is 53.0. The lowest BCUT2D eigenvalue weighted by molar-refractivity contribution is -0.562. The van der Waals surface area contributed by atoms with Gasteiger partial charge < -0.3 is 94.0 Å². The third-order valence-electron chi connectivity index (χ3n) is 15.1. The Morgan fingerprint density at radius 3 is 1.62 bits per heavy atom. The summed E-state index contributed by atoms with van der Waals surface area (Å²) in [5, 5.41) is 54.7. The number of benzene rings is 1. The Labute approximate surface area is 518 Å². The summed E-state index contributed by atoms with van der Waals surface area (Å²) in [4.78, 5) is 76.0. The topological polar surface area (TPSA) is 343 Å². The van der Waals surface area contributed by atoms with Crippen LogP contribution in [-0.4, -0.2) is 146 Å². The number of Topliss-reactive ketones (excluding diaryl/α,β-unsaturated/α-hetero) is 1. The van der Waals surface area contributed by atoms with Gasteiger partial charge in [-0.3, -0.25) is 19.2 Å². The molecule has 2 aliphatic heterocycles. The Morgan fingerprint density at radius 2 is 1.18 bits per heavy atom. The van der Waals surface area contributed by atoms with E-state index in [1.54, 1.807) is 87.7 Å². The quantitative estimate of drug-likeness (QED) is 0.0472. The molecule has 1 aromatic rings. The highest BCUT2D eigenvalue weighted by molar-refractivity contribution is 6.23. The molecule has 1 aliphatic carbocycles. The van der Waals surface area contributed by atoms with Crippen molar-refractivity contribution in [3.05, 3.63) is 131 Å². The third kappa shape index (κ3) is 23.5. The van der Waals surface area contributed by atoms with Gasteiger partial charge in [0.05, 0.1) is 65.8 Å². The van der Waals surface area contributed by atoms with Crippen LogP contribution in [0, 0.1) is 23.7 Å². The second-order valence-electron chi connectivity index (χ2n) is 22.1. The van der Waals surface area contributed by atoms with Gasteiger partial charge in [0.2, 0.25) is 11.6 Å². The van der Waals surface area contributed by atoms with E-state index >= 15 is 0 Å². The average Bonchev–Trinajstić information content (AvgIpc) is 3.36. The van der Waals surface area contributed by atoms with Crippen molar-refractivity contribution in [2.45, 2.75) is 143 Å². The number of halogens is 1. The third-order valence-corrected chi connectivity index (χ3v) is 15.1. The number of allylic oxidation sites excluding steroid dienone is 6. The molecule has 4 bridgehead atoms. The lowest BCUT2D eigenvalue weighted by atomic mass is 9.85. The summed E-state index contributed by atoms with van der Waals surface area (Å²) in [5.41, 5.74) is 13.9. The van der Waals surface area contributed by atoms with Gasteiger partial charge in [-0.2, -0.15) is 0 Å². The number of anilines is 1. The van der Waals surface area contributed by atoms with Crippen LogP contribution in [0.4, 0.5) is 21.0 Å². The molecule has 0 unspecified atom stereocenters. The van der Waals surface area contributed by atoms with E-state index < -0.39 is 90.3 Å². The summed E-state index contributed by atoms with van der Waals surface area (Å²) >= 11 is 0. The number of hydrogen-bond acceptors (Lipinski definition) is 17. The first-order chi connectivity index (χ1) is 40.6. The molecule has 1 aromatic carbocycles. The maximum atomic E-state index is 13.6. The molecule has 0 fully saturated rings. The monoisotopic (exact) mass is 1240 g/mol. The highest BCUT2D eigenvalue weighted by atomic mass is 35.5. The molecule has 4 rings (SSSR count). The first-order valence-corrected chi connectivity index (χ1v) is 28.6. The number of aliphatic hydroxyl groups excluding tert-OH is 2. The van der Waals surface area contributed by atoms with E-state index in [2.05, 4.69) is 29.1 Å². The van der Waals surface area contributed by atoms with E-state index in [4.69, 9.17) is 39.9 Å². The summed E-state index contributed by atoms with van der Waals surface area (Å²) in [6.45, 7) is 22.4. The molecule has 4 amide bonds. The number of ketones is 2. The lowest BCUT2D eigenvalue weighted by Gasteiger charge is -2.29. The van der Waals surface area contributed by atoms with Crippen LogP contribution in [0.1, 0.15) is 93.1 Å². The van der Waals surface area contributed by atoms with Crippen molar-refractivity contribution in [3.8, 4) is 11.5 Å². The van der Waals surface area contributed by atoms with Crippen LogP contribution in [0.3, 0.4) is 0 Å². The van der Waals surface area contributed by atoms with Gasteiger partial charge >= 0.3 is 12.2 Å². The molecule has 2 heterocycles. The second-order valence-corrected chi connectivity index (χ2v) is 22.1. The van der Waals surface area contributed by atoms with Crippen molar-refractivity contribution < 1.29 is 95.3 Å². The number of ether oxygens (including phenoxy) is 6. The highest BCUT2D eigenvalue weighted by Crippen LogP contribution is 2.41. The number of methoxy groups -OCH3 is 4. The maximum Gasteiger partial charge on any atom is 0.405 e. The number of quaternary nitrogens is 1. The number of amides is 4. The predicted molar refractivity (Wildman–Crippen MR) is 327 cm³/mol. The molecule has 0 spiro atoms. The Bertz CT molecular complexity index is 2840. The highest BCUT2D eigenvalue weighted by Gasteiger charge is 2.34. The number of phenols is 2. The fraction of sp³-hybridized carbons (Fsp3) is 0.500. The van der Waals surface area contributed by atoms with Crippen LogP contribution >= 0.6 is 0 Å². The number of nitrogens with one attached hydrogen (secondary N) is 3. The van der Waals surface area contributed by atoms with Crippen molar-refractivity contribution in [1.82, 2.24) is 10.6 Å². The fourth-order valence-electron chi connectivity index (χ4n) is 10.2. The molecular weight excluding hydrogens is 1140 g/mol. The van der Waals surface area contributed by atoms with E-state index in [0.717, 1.165) is 6.08 Å². The van der Waals surface area contributed by atoms with Crippen LogP contribution in [0.5, 0.6) is 11.5 Å². The number of carbonyl (C=O) groups is 6. The van der Waals surface area contributed by atoms with Crippen LogP contribution in [0.15, 0.2) is 125 Å². The molecule has 13 N–H and O–H groups in total. The Morgan fingerprint density at radius 1 is 0.713 bits per heavy atom. The maximum absolute atomic E-state index is 13.6. The molecule has 12 atom stereocenters. The van der Waals surface area contributed by atoms with Gasteiger partial charge in [0.15, 0.2) is 11.4 Å². The number of rotatable bonds is 12. The number of aromatic hydroxyl groups is 2. The standard InChI is InChI=1S/C32H47N3O8.C32H45N3O8.ClH/c2*1-8-12-34-28-23-13-18(2)14-27(42-7)29(37)21(5)15-20(4)26(43-32(33)40)16-22(41-6)11-9-10-19(3)31(39)35-24(30(23)38)17-25(28)36;/h8-11,15,17-18,21-22,26-27,29,34,36-38H,1,12-14,16H2,2-7H3,(H2,33,40)(H,35,39);8-11,15,17-18,21-22,26-27,29,34,37H,1,12-14,16H2,2-7H3,(H2,33,40)(H,35,39);1H/b2*11-9-,19-10+,20-15+;/t2*18-,21+,22+,26-,27+,29-;/m11./s1. The molecule has 23 heteroatoms. The van der Waals surface area contributed by atoms with Crippen molar-refractivity contribution in [2.75, 3.05) is 46.8 Å². The molecule has 0 aromatic heterocycles. The number of aliphatic hydroxyl groups is 2. The van der Waals surface area contributed by atoms with E-state index in [9.17, 15) is 49.2 Å². The molecule has 0 saturated heterocycles. The molecule has 22 nitrogen and oxygen atoms in total. The minimum atomic E-state index is -0.945. The SMILES string of the molecule is C=CCNC1=C2C[C@@H](C)C[C@H](OC)[C@H](O)[C@@H](C)/C=C(\C)[C@H](OC(N)=O)C[C@@H](OC)/C=C\C=C(/C)C(=O)NC(=CC1=O)C2=O.C=CC[NH2+]c1c(O)cc2c(O)c1C[C@@H](C)C[C@H](OC)[C@H](O)[C@@H](C)/C=C(\C)[C@H](OC(N)=O)C[C@@H](OC)/C=C\C=C(/C)C(=O)N2.[Cl-]. The lowest BCUT2D eigenvalue weighted by Crippen LogP contribution is -3.00. The molecule has 87 heavy (non-hydrogen) atoms. The van der Waals surface area contributed by atoms with Crippen molar-refractivity contribution in [3.63, 3.8) is 0 Å². The van der Waals surface area contributed by atoms with Gasteiger partial charge in [-0.25, -0.2) is 9.59 Å². The number of carbonyl (C=O) groups excluding carboxylic acids is 6. The Kier molecular flexibility index (Phi) is 32.8. The number of phenolic OH excluding ortho intramolecular Hbond substituents is 2. The van der Waals surface area contributed by atoms with Crippen molar-refractivity contribution >= 4 is 46.9 Å². The molecule has 482 valence electrons. The largest absolute Gasteiger partial charge is 1.00 e. The van der Waals surface area contributed by atoms with Gasteiger partial charge in [-0.05, 0) is 82.4 Å². The number of fused-ring (bicyclic) bond motifs is 4. The van der Waals surface area contributed by atoms with Crippen LogP contribution < -0.4 is 45.1 Å². The van der Waals surface area contributed by atoms with Crippen molar-refractivity contribution in [1.29, 1.82) is 0 Å². The first-order valence-electron chi connectivity index (χ1n) is 28.6. The van der Waals surface area contributed by atoms with Gasteiger partial charge in [0.1, 0.15) is 18.0 Å². The molecule has 3 aliphatic rings. The van der Waals surface area contributed by atoms with Gasteiger partial charge in [0.25, 0.3) is 11.8 Å². The second kappa shape index (κ2) is 37.5. The van der Waals surface area contributed by atoms with E-state index in [0.29, 0.717) is 53.8 Å². The van der Waals surface area contributed by atoms with Gasteiger partial charge in [-0.15, -0.1) is 6.58 Å². The van der Waals surface area contributed by atoms with Crippen LogP contribution in [0.2, 0.25) is 0 Å². The molecule has 0 radical (unpaired) electrons. The Hall–Kier alpha value is -7.15. The normalized spacial score (nSPS) is 30.0. The van der Waals surface area contributed by atoms with Crippen LogP contribution in [0.25, 0.3) is 0 Å². The predicted octanol–water partition coefficient (Wildman–Crippen LogP) is 3.26. The minimum absolute atomic E-state index is 0. The van der Waals surface area contributed by atoms with E-state index in [-0.39, 0.29) is 95.7 Å². The van der Waals surface area contributed by atoms with Crippen LogP contribution in [-0.2, 0) is 54.0 Å². The number of hydrogen-bond donors (Lipinski definition) is 10. The van der Waals surface area contributed by atoms with E-state index in [1.165, 1.54) is 34.5 Å². The first kappa shape index (κ1) is 75.9. The summed E-state index contributed by atoms with van der Waals surface area (Å²) in [6.07, 6.45) is 12.2. The number of primary amides is 2. The van der Waals surface area contributed by atoms with E-state index in [1.807, 2.05) is 33.8 Å². The Balaban J connectivity index is 0.000000587. The smallest absolute Gasteiger partial charge is 0.405 e. The zero-order chi connectivity index (χ0) is 64.5. The van der Waals surface area contributed by atoms with Gasteiger partial charge in [-0.1, -0.05) is 89.0 Å². The molecule has 0 saturated carbocycles. The summed E-state index contributed by atoms with van der Waals surface area (Å²) in [7, 11) is 6.02. The molecular formula is C64H93ClN6O16. The summed E-state index contributed by atoms with van der Waals surface area (Å²) in [6, 6.07) is 1.32. The summed E-state index contributed by atoms with van der Waals surface area (Å²) in [5.74, 6) is -3.27. The minimum Gasteiger partial charge on any atom is -1.00 e.